The van der Waals surface area contributed by atoms with Crippen LogP contribution in [0.15, 0.2) is 37.1 Å². The summed E-state index contributed by atoms with van der Waals surface area (Å²) >= 11 is 0. The molecule has 0 bridgehead atoms. The van der Waals surface area contributed by atoms with E-state index in [1.54, 1.807) is 31.0 Å². The van der Waals surface area contributed by atoms with Crippen LogP contribution < -0.4 is 15.1 Å². The minimum absolute atomic E-state index is 0.0911. The van der Waals surface area contributed by atoms with E-state index in [9.17, 15) is 4.79 Å². The second-order valence-corrected chi connectivity index (χ2v) is 7.14. The first-order chi connectivity index (χ1) is 13.3. The Hall–Kier alpha value is -2.77. The smallest absolute Gasteiger partial charge is 0.225 e. The van der Waals surface area contributed by atoms with Gasteiger partial charge in [0.2, 0.25) is 11.9 Å². The van der Waals surface area contributed by atoms with Gasteiger partial charge in [0, 0.05) is 62.9 Å². The van der Waals surface area contributed by atoms with Crippen molar-refractivity contribution < 1.29 is 4.79 Å². The number of piperidine rings is 2. The van der Waals surface area contributed by atoms with Gasteiger partial charge in [-0.05, 0) is 31.7 Å². The third kappa shape index (κ3) is 4.32. The summed E-state index contributed by atoms with van der Waals surface area (Å²) in [4.78, 5) is 34.1. The molecule has 4 rings (SSSR count). The quantitative estimate of drug-likeness (QED) is 0.871. The number of carbonyl (C=O) groups excluding carboxylic acids is 1. The molecule has 4 heterocycles. The van der Waals surface area contributed by atoms with E-state index in [1.807, 2.05) is 6.07 Å². The lowest BCUT2D eigenvalue weighted by molar-refractivity contribution is -0.126. The van der Waals surface area contributed by atoms with Crippen LogP contribution in [-0.2, 0) is 4.79 Å². The van der Waals surface area contributed by atoms with Gasteiger partial charge in [-0.25, -0.2) is 15.0 Å². The van der Waals surface area contributed by atoms with Crippen molar-refractivity contribution in [3.63, 3.8) is 0 Å². The van der Waals surface area contributed by atoms with E-state index in [1.165, 1.54) is 0 Å². The van der Waals surface area contributed by atoms with E-state index in [2.05, 4.69) is 35.1 Å². The molecule has 0 spiro atoms. The minimum atomic E-state index is 0.0911. The average molecular weight is 367 g/mol. The highest BCUT2D eigenvalue weighted by atomic mass is 16.2. The standard InChI is InChI=1S/C19H25N7O/c27-18(15-2-10-25(11-3-15)17-14-20-8-9-21-17)24-16-4-12-26(13-5-16)19-22-6-1-7-23-19/h1,6-9,14-16H,2-5,10-13H2,(H,24,27). The molecule has 2 saturated heterocycles. The Kier molecular flexibility index (Phi) is 5.41. The number of nitrogens with one attached hydrogen (secondary N) is 1. The van der Waals surface area contributed by atoms with Gasteiger partial charge in [-0.1, -0.05) is 0 Å². The van der Waals surface area contributed by atoms with Crippen LogP contribution in [0.4, 0.5) is 11.8 Å². The molecule has 142 valence electrons. The Morgan fingerprint density at radius 3 is 2.26 bits per heavy atom. The molecule has 1 amide bonds. The number of rotatable bonds is 4. The summed E-state index contributed by atoms with van der Waals surface area (Å²) in [6.45, 7) is 3.45. The number of carbonyl (C=O) groups is 1. The Morgan fingerprint density at radius 1 is 0.889 bits per heavy atom. The number of hydrogen-bond acceptors (Lipinski definition) is 7. The SMILES string of the molecule is O=C(NC1CCN(c2ncccn2)CC1)C1CCN(c2cnccn2)CC1. The van der Waals surface area contributed by atoms with Gasteiger partial charge in [0.15, 0.2) is 0 Å². The van der Waals surface area contributed by atoms with Crippen molar-refractivity contribution in [2.24, 2.45) is 5.92 Å². The van der Waals surface area contributed by atoms with Crippen LogP contribution in [0, 0.1) is 5.92 Å². The fourth-order valence-corrected chi connectivity index (χ4v) is 3.82. The molecule has 0 unspecified atom stereocenters. The van der Waals surface area contributed by atoms with Gasteiger partial charge in [-0.2, -0.15) is 0 Å². The Labute approximate surface area is 159 Å². The van der Waals surface area contributed by atoms with Crippen LogP contribution in [0.25, 0.3) is 0 Å². The molecular weight excluding hydrogens is 342 g/mol. The predicted molar refractivity (Wildman–Crippen MR) is 102 cm³/mol. The summed E-state index contributed by atoms with van der Waals surface area (Å²) in [5, 5.41) is 3.26. The van der Waals surface area contributed by atoms with Crippen molar-refractivity contribution in [3.05, 3.63) is 37.1 Å². The fraction of sp³-hybridized carbons (Fsp3) is 0.526. The maximum absolute atomic E-state index is 12.7. The molecule has 0 atom stereocenters. The van der Waals surface area contributed by atoms with Gasteiger partial charge in [-0.15, -0.1) is 0 Å². The molecule has 0 saturated carbocycles. The third-order valence-electron chi connectivity index (χ3n) is 5.42. The summed E-state index contributed by atoms with van der Waals surface area (Å²) in [5.41, 5.74) is 0. The summed E-state index contributed by atoms with van der Waals surface area (Å²) in [6.07, 6.45) is 12.3. The van der Waals surface area contributed by atoms with Gasteiger partial charge in [0.05, 0.1) is 6.20 Å². The molecule has 0 radical (unpaired) electrons. The van der Waals surface area contributed by atoms with Crippen molar-refractivity contribution >= 4 is 17.7 Å². The highest BCUT2D eigenvalue weighted by Gasteiger charge is 2.28. The Balaban J connectivity index is 1.22. The molecule has 0 aliphatic carbocycles. The molecule has 8 heteroatoms. The minimum Gasteiger partial charge on any atom is -0.355 e. The molecule has 1 N–H and O–H groups in total. The van der Waals surface area contributed by atoms with E-state index in [0.717, 1.165) is 63.6 Å². The van der Waals surface area contributed by atoms with Gasteiger partial charge >= 0.3 is 0 Å². The second kappa shape index (κ2) is 8.28. The first kappa shape index (κ1) is 17.6. The number of aromatic nitrogens is 4. The van der Waals surface area contributed by atoms with Crippen LogP contribution in [0.5, 0.6) is 0 Å². The lowest BCUT2D eigenvalue weighted by Gasteiger charge is -2.35. The van der Waals surface area contributed by atoms with E-state index in [0.29, 0.717) is 0 Å². The third-order valence-corrected chi connectivity index (χ3v) is 5.42. The highest BCUT2D eigenvalue weighted by Crippen LogP contribution is 2.22. The first-order valence-corrected chi connectivity index (χ1v) is 9.63. The van der Waals surface area contributed by atoms with Crippen molar-refractivity contribution in [1.82, 2.24) is 25.3 Å². The van der Waals surface area contributed by atoms with Gasteiger partial charge < -0.3 is 15.1 Å². The Morgan fingerprint density at radius 2 is 1.59 bits per heavy atom. The topological polar surface area (TPSA) is 87.1 Å². The molecule has 2 aliphatic rings. The molecule has 27 heavy (non-hydrogen) atoms. The van der Waals surface area contributed by atoms with E-state index < -0.39 is 0 Å². The fourth-order valence-electron chi connectivity index (χ4n) is 3.82. The number of anilines is 2. The maximum Gasteiger partial charge on any atom is 0.225 e. The molecule has 8 nitrogen and oxygen atoms in total. The van der Waals surface area contributed by atoms with Crippen LogP contribution in [0.3, 0.4) is 0 Å². The van der Waals surface area contributed by atoms with Crippen molar-refractivity contribution in [2.75, 3.05) is 36.0 Å². The van der Waals surface area contributed by atoms with Crippen molar-refractivity contribution in [2.45, 2.75) is 31.7 Å². The predicted octanol–water partition coefficient (Wildman–Crippen LogP) is 1.27. The number of amides is 1. The van der Waals surface area contributed by atoms with Crippen molar-refractivity contribution in [3.8, 4) is 0 Å². The zero-order chi connectivity index (χ0) is 18.5. The van der Waals surface area contributed by atoms with Gasteiger partial charge in [0.1, 0.15) is 5.82 Å². The van der Waals surface area contributed by atoms with E-state index in [4.69, 9.17) is 0 Å². The van der Waals surface area contributed by atoms with Crippen LogP contribution in [0.2, 0.25) is 0 Å². The largest absolute Gasteiger partial charge is 0.355 e. The van der Waals surface area contributed by atoms with Crippen LogP contribution in [-0.4, -0.2) is 58.1 Å². The molecule has 2 fully saturated rings. The molecule has 0 aromatic carbocycles. The second-order valence-electron chi connectivity index (χ2n) is 7.14. The molecular formula is C19H25N7O. The van der Waals surface area contributed by atoms with E-state index >= 15 is 0 Å². The van der Waals surface area contributed by atoms with Gasteiger partial charge in [-0.3, -0.25) is 9.78 Å². The molecule has 2 aliphatic heterocycles. The summed E-state index contributed by atoms with van der Waals surface area (Å²) in [5.74, 6) is 1.96. The van der Waals surface area contributed by atoms with Crippen molar-refractivity contribution in [1.29, 1.82) is 0 Å². The number of hydrogen-bond donors (Lipinski definition) is 1. The summed E-state index contributed by atoms with van der Waals surface area (Å²) in [6, 6.07) is 2.07. The zero-order valence-corrected chi connectivity index (χ0v) is 15.4. The summed E-state index contributed by atoms with van der Waals surface area (Å²) in [7, 11) is 0. The van der Waals surface area contributed by atoms with Crippen LogP contribution in [0.1, 0.15) is 25.7 Å². The Bertz CT molecular complexity index is 726. The van der Waals surface area contributed by atoms with Crippen LogP contribution >= 0.6 is 0 Å². The summed E-state index contributed by atoms with van der Waals surface area (Å²) < 4.78 is 0. The van der Waals surface area contributed by atoms with Gasteiger partial charge in [0.25, 0.3) is 0 Å². The highest BCUT2D eigenvalue weighted by molar-refractivity contribution is 5.79. The zero-order valence-electron chi connectivity index (χ0n) is 15.4. The monoisotopic (exact) mass is 367 g/mol. The molecule has 2 aromatic heterocycles. The number of nitrogens with zero attached hydrogens (tertiary/aromatic N) is 6. The maximum atomic E-state index is 12.7. The lowest BCUT2D eigenvalue weighted by atomic mass is 9.94. The first-order valence-electron chi connectivity index (χ1n) is 9.63. The normalized spacial score (nSPS) is 19.1. The average Bonchev–Trinajstić information content (AvgIpc) is 2.76. The lowest BCUT2D eigenvalue weighted by Crippen LogP contribution is -2.48. The van der Waals surface area contributed by atoms with E-state index in [-0.39, 0.29) is 17.9 Å². The molecule has 2 aromatic rings.